The molecule has 4 aliphatic heterocycles. The summed E-state index contributed by atoms with van der Waals surface area (Å²) in [6, 6.07) is 16.4. The van der Waals surface area contributed by atoms with Gasteiger partial charge >= 0.3 is 0 Å². The number of benzene rings is 2. The van der Waals surface area contributed by atoms with Crippen molar-refractivity contribution in [3.8, 4) is 0 Å². The molecule has 1 spiro atoms. The van der Waals surface area contributed by atoms with Crippen molar-refractivity contribution in [1.82, 2.24) is 29.7 Å². The van der Waals surface area contributed by atoms with Gasteiger partial charge in [-0.1, -0.05) is 72.0 Å². The smallest absolute Gasteiger partial charge is 0.250 e. The summed E-state index contributed by atoms with van der Waals surface area (Å²) in [5.41, 5.74) is 0.130. The van der Waals surface area contributed by atoms with Crippen LogP contribution >= 0.6 is 0 Å². The zero-order valence-corrected chi connectivity index (χ0v) is 25.4. The van der Waals surface area contributed by atoms with E-state index in [2.05, 4.69) is 10.3 Å². The zero-order valence-electron chi connectivity index (χ0n) is 25.4. The Labute approximate surface area is 261 Å². The van der Waals surface area contributed by atoms with Gasteiger partial charge in [0.25, 0.3) is 5.91 Å². The van der Waals surface area contributed by atoms with Gasteiger partial charge in [0.15, 0.2) is 0 Å². The highest BCUT2D eigenvalue weighted by molar-refractivity contribution is 6.00. The minimum absolute atomic E-state index is 0.0624. The highest BCUT2D eigenvalue weighted by Crippen LogP contribution is 2.57. The van der Waals surface area contributed by atoms with E-state index in [9.17, 15) is 19.5 Å². The molecule has 234 valence electrons. The molecule has 0 aliphatic carbocycles. The standard InChI is InChI=1S/C34H38N6O5/c1-33-16-10-18-37(22-24-12-4-2-5-13-24)30(42)27(33)28-31(43)39(20-8-3-9-21-41)29-32(44)38(19-11-17-34(28,29)45-33)23-40-26-15-7-6-14-25(26)35-36-40/h2,4-7,10-17,27-29,41H,3,8-9,18-23H2,1H3/t27-,28+,29?,33+,34+/m1/s1. The molecule has 11 heteroatoms. The number of aliphatic hydroxyl groups excluding tert-OH is 1. The van der Waals surface area contributed by atoms with Crippen LogP contribution in [0.3, 0.4) is 0 Å². The number of rotatable bonds is 9. The lowest BCUT2D eigenvalue weighted by atomic mass is 9.74. The molecular weight excluding hydrogens is 572 g/mol. The highest BCUT2D eigenvalue weighted by atomic mass is 16.5. The summed E-state index contributed by atoms with van der Waals surface area (Å²) in [6.07, 6.45) is 9.53. The van der Waals surface area contributed by atoms with E-state index in [1.54, 1.807) is 19.4 Å². The van der Waals surface area contributed by atoms with Crippen molar-refractivity contribution in [2.24, 2.45) is 11.8 Å². The fraction of sp³-hybridized carbons (Fsp3) is 0.441. The molecule has 45 heavy (non-hydrogen) atoms. The fourth-order valence-electron chi connectivity index (χ4n) is 7.69. The Morgan fingerprint density at radius 1 is 0.867 bits per heavy atom. The van der Waals surface area contributed by atoms with Crippen LogP contribution in [-0.4, -0.2) is 96.0 Å². The SMILES string of the molecule is C[C@]12C=CCN(Cc3ccccc3)C(=O)[C@H]1[C@H]1C(=O)N(CCCCCO)C3C(=O)N(Cn4nnc5ccccc54)CC=C[C@@]31O2. The van der Waals surface area contributed by atoms with E-state index in [0.717, 1.165) is 16.6 Å². The van der Waals surface area contributed by atoms with Crippen molar-refractivity contribution in [2.45, 2.75) is 56.6 Å². The molecule has 0 radical (unpaired) electrons. The van der Waals surface area contributed by atoms with Gasteiger partial charge in [-0.05, 0) is 43.9 Å². The molecule has 4 aliphatic rings. The van der Waals surface area contributed by atoms with E-state index in [4.69, 9.17) is 4.74 Å². The lowest BCUT2D eigenvalue weighted by Crippen LogP contribution is -2.56. The maximum atomic E-state index is 14.6. The second-order valence-corrected chi connectivity index (χ2v) is 12.6. The monoisotopic (exact) mass is 610 g/mol. The lowest BCUT2D eigenvalue weighted by molar-refractivity contribution is -0.153. The maximum absolute atomic E-state index is 14.6. The Balaban J connectivity index is 1.25. The topological polar surface area (TPSA) is 121 Å². The van der Waals surface area contributed by atoms with Gasteiger partial charge in [0.2, 0.25) is 11.8 Å². The van der Waals surface area contributed by atoms with Crippen molar-refractivity contribution in [3.05, 3.63) is 84.5 Å². The van der Waals surface area contributed by atoms with E-state index in [-0.39, 0.29) is 31.0 Å². The summed E-state index contributed by atoms with van der Waals surface area (Å²) in [6.45, 7) is 3.51. The van der Waals surface area contributed by atoms with E-state index in [1.165, 1.54) is 0 Å². The molecule has 3 aromatic rings. The van der Waals surface area contributed by atoms with Crippen LogP contribution in [0.25, 0.3) is 11.0 Å². The molecule has 2 aromatic carbocycles. The van der Waals surface area contributed by atoms with Gasteiger partial charge in [-0.25, -0.2) is 4.68 Å². The van der Waals surface area contributed by atoms with Crippen LogP contribution in [0.15, 0.2) is 78.9 Å². The van der Waals surface area contributed by atoms with E-state index < -0.39 is 29.1 Å². The third-order valence-electron chi connectivity index (χ3n) is 9.72. The summed E-state index contributed by atoms with van der Waals surface area (Å²) in [4.78, 5) is 48.7. The summed E-state index contributed by atoms with van der Waals surface area (Å²) >= 11 is 0. The number of carbonyl (C=O) groups is 3. The van der Waals surface area contributed by atoms with E-state index in [1.807, 2.05) is 85.8 Å². The van der Waals surface area contributed by atoms with Crippen LogP contribution in [0.4, 0.5) is 0 Å². The summed E-state index contributed by atoms with van der Waals surface area (Å²) in [7, 11) is 0. The number of unbranched alkanes of at least 4 members (excludes halogenated alkanes) is 2. The molecule has 2 saturated heterocycles. The Morgan fingerprint density at radius 2 is 1.62 bits per heavy atom. The van der Waals surface area contributed by atoms with E-state index in [0.29, 0.717) is 45.4 Å². The predicted molar refractivity (Wildman–Crippen MR) is 165 cm³/mol. The van der Waals surface area contributed by atoms with Crippen LogP contribution in [0.2, 0.25) is 0 Å². The molecule has 1 aromatic heterocycles. The summed E-state index contributed by atoms with van der Waals surface area (Å²) < 4.78 is 8.63. The van der Waals surface area contributed by atoms with Crippen LogP contribution < -0.4 is 0 Å². The van der Waals surface area contributed by atoms with Crippen LogP contribution in [-0.2, 0) is 32.3 Å². The minimum Gasteiger partial charge on any atom is -0.396 e. The number of fused-ring (bicyclic) bond motifs is 3. The second-order valence-electron chi connectivity index (χ2n) is 12.6. The third-order valence-corrected chi connectivity index (χ3v) is 9.72. The fourth-order valence-corrected chi connectivity index (χ4v) is 7.69. The van der Waals surface area contributed by atoms with Gasteiger partial charge in [-0.2, -0.15) is 0 Å². The summed E-state index contributed by atoms with van der Waals surface area (Å²) in [5, 5.41) is 17.9. The highest BCUT2D eigenvalue weighted by Gasteiger charge is 2.74. The lowest BCUT2D eigenvalue weighted by Gasteiger charge is -2.37. The molecule has 1 N–H and O–H groups in total. The number of ether oxygens (including phenoxy) is 1. The number of hydrogen-bond acceptors (Lipinski definition) is 7. The van der Waals surface area contributed by atoms with Crippen molar-refractivity contribution in [1.29, 1.82) is 0 Å². The Hall–Kier alpha value is -4.35. The zero-order chi connectivity index (χ0) is 31.2. The number of likely N-dealkylation sites (tertiary alicyclic amines) is 1. The van der Waals surface area contributed by atoms with Gasteiger partial charge in [0.05, 0.1) is 23.0 Å². The molecule has 1 unspecified atom stereocenters. The first-order chi connectivity index (χ1) is 21.9. The molecular formula is C34H38N6O5. The Kier molecular flexibility index (Phi) is 7.53. The van der Waals surface area contributed by atoms with Gasteiger partial charge in [0.1, 0.15) is 23.8 Å². The first kappa shape index (κ1) is 29.4. The van der Waals surface area contributed by atoms with Crippen molar-refractivity contribution < 1.29 is 24.2 Å². The van der Waals surface area contributed by atoms with Crippen LogP contribution in [0, 0.1) is 11.8 Å². The van der Waals surface area contributed by atoms with Gasteiger partial charge in [0, 0.05) is 32.8 Å². The third kappa shape index (κ3) is 4.85. The number of aromatic nitrogens is 3. The number of nitrogens with zero attached hydrogens (tertiary/aromatic N) is 6. The number of aliphatic hydroxyl groups is 1. The van der Waals surface area contributed by atoms with Crippen LogP contribution in [0.1, 0.15) is 31.7 Å². The summed E-state index contributed by atoms with van der Waals surface area (Å²) in [5.74, 6) is -2.33. The van der Waals surface area contributed by atoms with Gasteiger partial charge < -0.3 is 24.5 Å². The number of para-hydroxylation sites is 1. The average Bonchev–Trinajstić information content (AvgIpc) is 3.57. The maximum Gasteiger partial charge on any atom is 0.250 e. The Bertz CT molecular complexity index is 1670. The number of hydrogen-bond donors (Lipinski definition) is 1. The first-order valence-corrected chi connectivity index (χ1v) is 15.7. The Morgan fingerprint density at radius 3 is 2.44 bits per heavy atom. The van der Waals surface area contributed by atoms with E-state index >= 15 is 0 Å². The molecule has 0 bridgehead atoms. The van der Waals surface area contributed by atoms with Crippen molar-refractivity contribution >= 4 is 28.8 Å². The minimum atomic E-state index is -1.32. The molecule has 11 nitrogen and oxygen atoms in total. The molecule has 5 atom stereocenters. The molecule has 3 amide bonds. The van der Waals surface area contributed by atoms with Crippen LogP contribution in [0.5, 0.6) is 0 Å². The van der Waals surface area contributed by atoms with Crippen molar-refractivity contribution in [3.63, 3.8) is 0 Å². The number of amides is 3. The van der Waals surface area contributed by atoms with Crippen molar-refractivity contribution in [2.75, 3.05) is 26.2 Å². The average molecular weight is 611 g/mol. The first-order valence-electron chi connectivity index (χ1n) is 15.7. The predicted octanol–water partition coefficient (Wildman–Crippen LogP) is 2.52. The largest absolute Gasteiger partial charge is 0.396 e. The van der Waals surface area contributed by atoms with Gasteiger partial charge in [-0.15, -0.1) is 5.10 Å². The van der Waals surface area contributed by atoms with Gasteiger partial charge in [-0.3, -0.25) is 14.4 Å². The normalized spacial score (nSPS) is 29.2. The second kappa shape index (κ2) is 11.5. The molecule has 5 heterocycles. The molecule has 7 rings (SSSR count). The number of carbonyl (C=O) groups excluding carboxylic acids is 3. The molecule has 0 saturated carbocycles. The molecule has 2 fully saturated rings. The quantitative estimate of drug-likeness (QED) is 0.292.